The van der Waals surface area contributed by atoms with Gasteiger partial charge in [0.05, 0.1) is 11.0 Å². The standard InChI is InChI=1S/C19H11Br2NO/c20-13-3-7-18-16(9-13)17-10-14(21)4-8-19(17)22(18)15-5-1-12(11-23)2-6-15/h1-11H. The maximum absolute atomic E-state index is 10.9. The molecule has 0 fully saturated rings. The monoisotopic (exact) mass is 427 g/mol. The highest BCUT2D eigenvalue weighted by atomic mass is 79.9. The molecule has 4 rings (SSSR count). The van der Waals surface area contributed by atoms with Crippen LogP contribution in [0.1, 0.15) is 10.4 Å². The van der Waals surface area contributed by atoms with Crippen molar-refractivity contribution >= 4 is 60.0 Å². The number of fused-ring (bicyclic) bond motifs is 3. The zero-order valence-electron chi connectivity index (χ0n) is 12.0. The van der Waals surface area contributed by atoms with Gasteiger partial charge in [0, 0.05) is 31.0 Å². The van der Waals surface area contributed by atoms with Gasteiger partial charge in [-0.25, -0.2) is 0 Å². The first kappa shape index (κ1) is 14.7. The highest BCUT2D eigenvalue weighted by Crippen LogP contribution is 2.35. The summed E-state index contributed by atoms with van der Waals surface area (Å²) in [6.07, 6.45) is 0.865. The van der Waals surface area contributed by atoms with Crippen molar-refractivity contribution in [1.82, 2.24) is 4.57 Å². The van der Waals surface area contributed by atoms with Gasteiger partial charge in [0.1, 0.15) is 6.29 Å². The number of carbonyl (C=O) groups excluding carboxylic acids is 1. The van der Waals surface area contributed by atoms with E-state index in [-0.39, 0.29) is 0 Å². The second kappa shape index (κ2) is 5.62. The molecule has 0 N–H and O–H groups in total. The molecule has 0 bridgehead atoms. The summed E-state index contributed by atoms with van der Waals surface area (Å²) in [5.74, 6) is 0. The summed E-state index contributed by atoms with van der Waals surface area (Å²) in [5, 5.41) is 2.38. The zero-order valence-corrected chi connectivity index (χ0v) is 15.1. The number of carbonyl (C=O) groups is 1. The van der Waals surface area contributed by atoms with E-state index >= 15 is 0 Å². The van der Waals surface area contributed by atoms with Crippen LogP contribution in [0.5, 0.6) is 0 Å². The molecule has 2 nitrogen and oxygen atoms in total. The Kier molecular flexibility index (Phi) is 3.58. The predicted molar refractivity (Wildman–Crippen MR) is 102 cm³/mol. The number of rotatable bonds is 2. The molecular formula is C19H11Br2NO. The lowest BCUT2D eigenvalue weighted by atomic mass is 10.2. The van der Waals surface area contributed by atoms with Crippen molar-refractivity contribution in [2.45, 2.75) is 0 Å². The molecule has 0 spiro atoms. The minimum absolute atomic E-state index is 0.681. The van der Waals surface area contributed by atoms with Crippen molar-refractivity contribution in [3.8, 4) is 5.69 Å². The minimum atomic E-state index is 0.681. The van der Waals surface area contributed by atoms with Gasteiger partial charge in [-0.1, -0.05) is 31.9 Å². The van der Waals surface area contributed by atoms with Crippen LogP contribution in [0.2, 0.25) is 0 Å². The lowest BCUT2D eigenvalue weighted by Crippen LogP contribution is -1.94. The largest absolute Gasteiger partial charge is 0.309 e. The molecule has 0 radical (unpaired) electrons. The van der Waals surface area contributed by atoms with Gasteiger partial charge in [0.2, 0.25) is 0 Å². The van der Waals surface area contributed by atoms with E-state index in [0.717, 1.165) is 32.0 Å². The summed E-state index contributed by atoms with van der Waals surface area (Å²) in [6.45, 7) is 0. The van der Waals surface area contributed by atoms with Crippen molar-refractivity contribution in [3.63, 3.8) is 0 Å². The first-order valence-corrected chi connectivity index (χ1v) is 8.71. The van der Waals surface area contributed by atoms with Gasteiger partial charge in [-0.2, -0.15) is 0 Å². The SMILES string of the molecule is O=Cc1ccc(-n2c3ccc(Br)cc3c3cc(Br)ccc32)cc1. The summed E-state index contributed by atoms with van der Waals surface area (Å²) in [4.78, 5) is 10.9. The molecule has 112 valence electrons. The van der Waals surface area contributed by atoms with Gasteiger partial charge in [-0.15, -0.1) is 0 Å². The van der Waals surface area contributed by atoms with E-state index in [1.54, 1.807) is 0 Å². The molecule has 0 saturated heterocycles. The predicted octanol–water partition coefficient (Wildman–Crippen LogP) is 6.12. The first-order chi connectivity index (χ1) is 11.2. The molecule has 1 heterocycles. The lowest BCUT2D eigenvalue weighted by molar-refractivity contribution is 0.112. The van der Waals surface area contributed by atoms with Crippen molar-refractivity contribution < 1.29 is 4.79 Å². The maximum atomic E-state index is 10.9. The van der Waals surface area contributed by atoms with E-state index in [1.165, 1.54) is 10.8 Å². The second-order valence-electron chi connectivity index (χ2n) is 5.37. The number of halogens is 2. The fourth-order valence-corrected chi connectivity index (χ4v) is 3.67. The van der Waals surface area contributed by atoms with Crippen molar-refractivity contribution in [3.05, 3.63) is 75.2 Å². The summed E-state index contributed by atoms with van der Waals surface area (Å²) >= 11 is 7.12. The van der Waals surface area contributed by atoms with Crippen LogP contribution >= 0.6 is 31.9 Å². The van der Waals surface area contributed by atoms with Gasteiger partial charge in [-0.3, -0.25) is 4.79 Å². The Labute approximate surface area is 150 Å². The van der Waals surface area contributed by atoms with E-state index < -0.39 is 0 Å². The van der Waals surface area contributed by atoms with Crippen LogP contribution in [-0.2, 0) is 0 Å². The third-order valence-corrected chi connectivity index (χ3v) is 4.96. The smallest absolute Gasteiger partial charge is 0.150 e. The van der Waals surface area contributed by atoms with Crippen molar-refractivity contribution in [1.29, 1.82) is 0 Å². The molecule has 0 atom stereocenters. The normalized spacial score (nSPS) is 11.2. The molecule has 0 saturated carbocycles. The summed E-state index contributed by atoms with van der Waals surface area (Å²) in [6, 6.07) is 20.2. The molecule has 1 aromatic heterocycles. The van der Waals surface area contributed by atoms with Crippen LogP contribution in [0, 0.1) is 0 Å². The summed E-state index contributed by atoms with van der Waals surface area (Å²) in [5.41, 5.74) is 4.00. The molecule has 0 aliphatic rings. The quantitative estimate of drug-likeness (QED) is 0.352. The number of aromatic nitrogens is 1. The van der Waals surface area contributed by atoms with Crippen LogP contribution in [0.15, 0.2) is 69.6 Å². The molecule has 0 aliphatic carbocycles. The molecule has 3 aromatic carbocycles. The number of nitrogens with zero attached hydrogens (tertiary/aromatic N) is 1. The van der Waals surface area contributed by atoms with Crippen LogP contribution in [0.3, 0.4) is 0 Å². The Hall–Kier alpha value is -1.91. The molecule has 4 heteroatoms. The molecular weight excluding hydrogens is 418 g/mol. The summed E-state index contributed by atoms with van der Waals surface area (Å²) < 4.78 is 4.33. The average molecular weight is 429 g/mol. The molecule has 4 aromatic rings. The minimum Gasteiger partial charge on any atom is -0.309 e. The number of benzene rings is 3. The fraction of sp³-hybridized carbons (Fsp3) is 0. The highest BCUT2D eigenvalue weighted by Gasteiger charge is 2.12. The number of aldehydes is 1. The number of hydrogen-bond donors (Lipinski definition) is 0. The van der Waals surface area contributed by atoms with Crippen LogP contribution in [0.4, 0.5) is 0 Å². The van der Waals surface area contributed by atoms with Crippen LogP contribution in [-0.4, -0.2) is 10.9 Å². The van der Waals surface area contributed by atoms with Crippen molar-refractivity contribution in [2.75, 3.05) is 0 Å². The van der Waals surface area contributed by atoms with Crippen LogP contribution < -0.4 is 0 Å². The topological polar surface area (TPSA) is 22.0 Å². The van der Waals surface area contributed by atoms with E-state index in [1.807, 2.05) is 36.4 Å². The lowest BCUT2D eigenvalue weighted by Gasteiger charge is -2.08. The third kappa shape index (κ3) is 2.42. The van der Waals surface area contributed by atoms with E-state index in [9.17, 15) is 4.79 Å². The maximum Gasteiger partial charge on any atom is 0.150 e. The molecule has 0 unspecified atom stereocenters. The first-order valence-electron chi connectivity index (χ1n) is 7.12. The van der Waals surface area contributed by atoms with E-state index in [0.29, 0.717) is 5.56 Å². The third-order valence-electron chi connectivity index (χ3n) is 3.98. The molecule has 0 aliphatic heterocycles. The van der Waals surface area contributed by atoms with Gasteiger partial charge in [-0.05, 0) is 60.7 Å². The Morgan fingerprint density at radius 1 is 0.739 bits per heavy atom. The van der Waals surface area contributed by atoms with Gasteiger partial charge in [0.15, 0.2) is 0 Å². The zero-order chi connectivity index (χ0) is 16.0. The highest BCUT2D eigenvalue weighted by molar-refractivity contribution is 9.10. The van der Waals surface area contributed by atoms with Crippen molar-refractivity contribution in [2.24, 2.45) is 0 Å². The van der Waals surface area contributed by atoms with Gasteiger partial charge in [0.25, 0.3) is 0 Å². The second-order valence-corrected chi connectivity index (χ2v) is 7.20. The van der Waals surface area contributed by atoms with E-state index in [2.05, 4.69) is 60.7 Å². The van der Waals surface area contributed by atoms with Gasteiger partial charge >= 0.3 is 0 Å². The average Bonchev–Trinajstić information content (AvgIpc) is 2.88. The van der Waals surface area contributed by atoms with E-state index in [4.69, 9.17) is 0 Å². The Morgan fingerprint density at radius 2 is 1.26 bits per heavy atom. The molecule has 23 heavy (non-hydrogen) atoms. The Balaban J connectivity index is 2.12. The van der Waals surface area contributed by atoms with Gasteiger partial charge < -0.3 is 4.57 Å². The molecule has 0 amide bonds. The Morgan fingerprint density at radius 3 is 1.74 bits per heavy atom. The number of hydrogen-bond acceptors (Lipinski definition) is 1. The Bertz CT molecular complexity index is 989. The summed E-state index contributed by atoms with van der Waals surface area (Å²) in [7, 11) is 0. The van der Waals surface area contributed by atoms with Crippen LogP contribution in [0.25, 0.3) is 27.5 Å². The fourth-order valence-electron chi connectivity index (χ4n) is 2.95.